The molecule has 1 fully saturated rings. The molecule has 1 aliphatic heterocycles. The Morgan fingerprint density at radius 1 is 1.53 bits per heavy atom. The van der Waals surface area contributed by atoms with Gasteiger partial charge in [-0.1, -0.05) is 0 Å². The number of carbonyl (C=O) groups is 1. The van der Waals surface area contributed by atoms with E-state index in [1.54, 1.807) is 12.3 Å². The van der Waals surface area contributed by atoms with Crippen LogP contribution in [0.2, 0.25) is 0 Å². The van der Waals surface area contributed by atoms with E-state index in [0.717, 1.165) is 31.6 Å². The van der Waals surface area contributed by atoms with Crippen LogP contribution in [-0.4, -0.2) is 41.5 Å². The van der Waals surface area contributed by atoms with Gasteiger partial charge in [-0.25, -0.2) is 0 Å². The highest BCUT2D eigenvalue weighted by Crippen LogP contribution is 2.35. The molecule has 0 spiro atoms. The number of piperidine rings is 1. The van der Waals surface area contributed by atoms with Crippen molar-refractivity contribution in [3.63, 3.8) is 0 Å². The van der Waals surface area contributed by atoms with Crippen LogP contribution in [-0.2, 0) is 0 Å². The van der Waals surface area contributed by atoms with Crippen LogP contribution in [0.25, 0.3) is 0 Å². The average molecular weight is 280 g/mol. The molecule has 4 N–H and O–H groups in total. The maximum absolute atomic E-state index is 11.2. The summed E-state index contributed by atoms with van der Waals surface area (Å²) in [7, 11) is 0. The lowest BCUT2D eigenvalue weighted by atomic mass is 9.95. The summed E-state index contributed by atoms with van der Waals surface area (Å²) in [6.45, 7) is 2.60. The number of aromatic nitrogens is 1. The first-order chi connectivity index (χ1) is 9.10. The van der Waals surface area contributed by atoms with Crippen molar-refractivity contribution >= 4 is 23.4 Å². The van der Waals surface area contributed by atoms with E-state index in [2.05, 4.69) is 16.1 Å². The molecule has 1 aliphatic rings. The van der Waals surface area contributed by atoms with Crippen molar-refractivity contribution in [3.05, 3.63) is 24.0 Å². The molecule has 0 bridgehead atoms. The van der Waals surface area contributed by atoms with Crippen LogP contribution in [0.15, 0.2) is 18.3 Å². The lowest BCUT2D eigenvalue weighted by Crippen LogP contribution is -2.46. The molecule has 1 aromatic rings. The van der Waals surface area contributed by atoms with Crippen LogP contribution in [0.3, 0.4) is 0 Å². The third-order valence-corrected chi connectivity index (χ3v) is 5.28. The number of hydrogen-bond donors (Lipinski definition) is 2. The Balaban J connectivity index is 2.09. The predicted octanol–water partition coefficient (Wildman–Crippen LogP) is 0.841. The fraction of sp³-hybridized carbons (Fsp3) is 0.538. The first-order valence-electron chi connectivity index (χ1n) is 6.36. The Kier molecular flexibility index (Phi) is 4.31. The number of nitrogens with zero attached hydrogens (tertiary/aromatic N) is 2. The van der Waals surface area contributed by atoms with Gasteiger partial charge in [-0.15, -0.1) is 0 Å². The van der Waals surface area contributed by atoms with E-state index in [0.29, 0.717) is 12.2 Å². The summed E-state index contributed by atoms with van der Waals surface area (Å²) in [4.78, 5) is 17.4. The number of pyridine rings is 1. The van der Waals surface area contributed by atoms with Gasteiger partial charge in [-0.05, 0) is 31.2 Å². The molecule has 0 aromatic carbocycles. The zero-order chi connectivity index (χ0) is 13.9. The third-order valence-electron chi connectivity index (χ3n) is 3.84. The van der Waals surface area contributed by atoms with E-state index in [1.165, 1.54) is 0 Å². The highest BCUT2D eigenvalue weighted by molar-refractivity contribution is 8.00. The van der Waals surface area contributed by atoms with Crippen LogP contribution >= 0.6 is 11.8 Å². The summed E-state index contributed by atoms with van der Waals surface area (Å²) >= 11 is 1.86. The third kappa shape index (κ3) is 3.01. The lowest BCUT2D eigenvalue weighted by molar-refractivity contribution is 0.0995. The number of thioether (sulfide) groups is 1. The average Bonchev–Trinajstić information content (AvgIpc) is 2.47. The minimum Gasteiger partial charge on any atom is -0.371 e. The molecule has 2 rings (SSSR count). The first kappa shape index (κ1) is 14.1. The van der Waals surface area contributed by atoms with Crippen molar-refractivity contribution in [2.75, 3.05) is 30.8 Å². The molecule has 0 radical (unpaired) electrons. The standard InChI is InChI=1S/C13H20N4OS/c1-19-13(9-14)3-6-17(7-4-13)10-2-5-16-11(8-10)12(15)18/h2,5,8H,3-4,6-7,9,14H2,1H3,(H2,15,18). The van der Waals surface area contributed by atoms with Crippen molar-refractivity contribution in [2.45, 2.75) is 17.6 Å². The number of anilines is 1. The van der Waals surface area contributed by atoms with Gasteiger partial charge >= 0.3 is 0 Å². The van der Waals surface area contributed by atoms with E-state index < -0.39 is 5.91 Å². The van der Waals surface area contributed by atoms with Gasteiger partial charge in [-0.3, -0.25) is 9.78 Å². The van der Waals surface area contributed by atoms with Crippen LogP contribution in [0.1, 0.15) is 23.3 Å². The topological polar surface area (TPSA) is 85.2 Å². The molecule has 2 heterocycles. The van der Waals surface area contributed by atoms with E-state index in [9.17, 15) is 4.79 Å². The minimum atomic E-state index is -0.487. The smallest absolute Gasteiger partial charge is 0.267 e. The molecule has 1 aromatic heterocycles. The number of hydrogen-bond acceptors (Lipinski definition) is 5. The van der Waals surface area contributed by atoms with Gasteiger partial charge in [0.05, 0.1) is 0 Å². The molecular formula is C13H20N4OS. The van der Waals surface area contributed by atoms with E-state index >= 15 is 0 Å². The fourth-order valence-corrected chi connectivity index (χ4v) is 3.17. The van der Waals surface area contributed by atoms with Gasteiger partial charge in [0.25, 0.3) is 5.91 Å². The monoisotopic (exact) mass is 280 g/mol. The molecular weight excluding hydrogens is 260 g/mol. The largest absolute Gasteiger partial charge is 0.371 e. The number of amides is 1. The van der Waals surface area contributed by atoms with Crippen molar-refractivity contribution in [3.8, 4) is 0 Å². The van der Waals surface area contributed by atoms with E-state index in [-0.39, 0.29) is 4.75 Å². The van der Waals surface area contributed by atoms with Crippen molar-refractivity contribution < 1.29 is 4.79 Å². The summed E-state index contributed by atoms with van der Waals surface area (Å²) in [5, 5.41) is 0. The van der Waals surface area contributed by atoms with Gasteiger partial charge in [-0.2, -0.15) is 11.8 Å². The second-order valence-corrected chi connectivity index (χ2v) is 6.12. The Morgan fingerprint density at radius 3 is 2.74 bits per heavy atom. The van der Waals surface area contributed by atoms with Gasteiger partial charge in [0, 0.05) is 36.3 Å². The Labute approximate surface area is 117 Å². The molecule has 0 unspecified atom stereocenters. The second kappa shape index (κ2) is 5.79. The summed E-state index contributed by atoms with van der Waals surface area (Å²) in [5.41, 5.74) is 12.5. The predicted molar refractivity (Wildman–Crippen MR) is 79.5 cm³/mol. The van der Waals surface area contributed by atoms with Crippen LogP contribution in [0.4, 0.5) is 5.69 Å². The molecule has 6 heteroatoms. The van der Waals surface area contributed by atoms with Gasteiger partial charge in [0.1, 0.15) is 5.69 Å². The van der Waals surface area contributed by atoms with Gasteiger partial charge in [0.15, 0.2) is 0 Å². The van der Waals surface area contributed by atoms with Crippen molar-refractivity contribution in [1.29, 1.82) is 0 Å². The Bertz CT molecular complexity index is 452. The quantitative estimate of drug-likeness (QED) is 0.853. The SMILES string of the molecule is CSC1(CN)CCN(c2ccnc(C(N)=O)c2)CC1. The molecule has 1 amide bonds. The minimum absolute atomic E-state index is 0.204. The maximum atomic E-state index is 11.2. The number of carbonyl (C=O) groups excluding carboxylic acids is 1. The first-order valence-corrected chi connectivity index (χ1v) is 7.59. The molecule has 1 saturated heterocycles. The molecule has 19 heavy (non-hydrogen) atoms. The highest BCUT2D eigenvalue weighted by atomic mass is 32.2. The number of primary amides is 1. The lowest BCUT2D eigenvalue weighted by Gasteiger charge is -2.41. The summed E-state index contributed by atoms with van der Waals surface area (Å²) in [6, 6.07) is 3.68. The van der Waals surface area contributed by atoms with E-state index in [4.69, 9.17) is 11.5 Å². The highest BCUT2D eigenvalue weighted by Gasteiger charge is 2.32. The number of rotatable bonds is 4. The Morgan fingerprint density at radius 2 is 2.21 bits per heavy atom. The molecule has 0 atom stereocenters. The fourth-order valence-electron chi connectivity index (χ4n) is 2.41. The van der Waals surface area contributed by atoms with Gasteiger partial charge in [0.2, 0.25) is 0 Å². The van der Waals surface area contributed by atoms with Crippen LogP contribution < -0.4 is 16.4 Å². The van der Waals surface area contributed by atoms with Gasteiger partial charge < -0.3 is 16.4 Å². The zero-order valence-electron chi connectivity index (χ0n) is 11.1. The summed E-state index contributed by atoms with van der Waals surface area (Å²) < 4.78 is 0.204. The summed E-state index contributed by atoms with van der Waals surface area (Å²) in [6.07, 6.45) is 5.87. The van der Waals surface area contributed by atoms with Crippen LogP contribution in [0.5, 0.6) is 0 Å². The second-order valence-electron chi connectivity index (χ2n) is 4.84. The molecule has 104 valence electrons. The van der Waals surface area contributed by atoms with E-state index in [1.807, 2.05) is 17.8 Å². The normalized spacial score (nSPS) is 18.3. The van der Waals surface area contributed by atoms with Crippen molar-refractivity contribution in [1.82, 2.24) is 4.98 Å². The van der Waals surface area contributed by atoms with Crippen LogP contribution in [0, 0.1) is 0 Å². The molecule has 5 nitrogen and oxygen atoms in total. The Hall–Kier alpha value is -1.27. The summed E-state index contributed by atoms with van der Waals surface area (Å²) in [5.74, 6) is -0.487. The molecule has 0 aliphatic carbocycles. The maximum Gasteiger partial charge on any atom is 0.267 e. The van der Waals surface area contributed by atoms with Crippen molar-refractivity contribution in [2.24, 2.45) is 11.5 Å². The number of nitrogens with two attached hydrogens (primary N) is 2. The zero-order valence-corrected chi connectivity index (χ0v) is 11.9. The molecule has 0 saturated carbocycles.